The lowest BCUT2D eigenvalue weighted by atomic mass is 10.3. The molecule has 0 amide bonds. The maximum absolute atomic E-state index is 5.73. The number of ether oxygens (including phenoxy) is 1. The second kappa shape index (κ2) is 8.98. The van der Waals surface area contributed by atoms with Crippen molar-refractivity contribution in [2.45, 2.75) is 6.54 Å². The molecule has 3 rings (SSSR count). The van der Waals surface area contributed by atoms with E-state index in [9.17, 15) is 0 Å². The van der Waals surface area contributed by atoms with Crippen LogP contribution in [0.15, 0.2) is 83.5 Å². The van der Waals surface area contributed by atoms with E-state index < -0.39 is 0 Å². The summed E-state index contributed by atoms with van der Waals surface area (Å²) < 4.78 is 9.83. The number of benzene rings is 2. The van der Waals surface area contributed by atoms with Crippen molar-refractivity contribution in [2.75, 3.05) is 6.61 Å². The summed E-state index contributed by atoms with van der Waals surface area (Å²) in [6.07, 6.45) is 6.05. The number of rotatable bonds is 6. The minimum atomic E-state index is 0. The van der Waals surface area contributed by atoms with Crippen LogP contribution in [-0.2, 0) is 13.6 Å². The summed E-state index contributed by atoms with van der Waals surface area (Å²) in [5.41, 5.74) is 1.64. The summed E-state index contributed by atoms with van der Waals surface area (Å²) in [7, 11) is 2.00. The van der Waals surface area contributed by atoms with Crippen molar-refractivity contribution in [3.63, 3.8) is 0 Å². The molecule has 0 saturated heterocycles. The Labute approximate surface area is 152 Å². The van der Waals surface area contributed by atoms with E-state index in [0.29, 0.717) is 6.61 Å². The molecule has 0 spiro atoms. The van der Waals surface area contributed by atoms with Crippen LogP contribution in [0.4, 0.5) is 11.4 Å². The fourth-order valence-electron chi connectivity index (χ4n) is 2.12. The van der Waals surface area contributed by atoms with E-state index >= 15 is 0 Å². The molecular weight excluding hydrogens is 368 g/mol. The van der Waals surface area contributed by atoms with Gasteiger partial charge in [0.1, 0.15) is 31.3 Å². The van der Waals surface area contributed by atoms with Gasteiger partial charge in [-0.25, -0.2) is 9.13 Å². The van der Waals surface area contributed by atoms with Crippen LogP contribution in [0.3, 0.4) is 0 Å². The molecule has 0 aliphatic heterocycles. The summed E-state index contributed by atoms with van der Waals surface area (Å²) in [6.45, 7) is 1.44. The molecule has 0 N–H and O–H groups in total. The van der Waals surface area contributed by atoms with E-state index in [1.165, 1.54) is 0 Å². The third kappa shape index (κ3) is 5.31. The van der Waals surface area contributed by atoms with Gasteiger partial charge >= 0.3 is 0 Å². The fraction of sp³-hybridized carbons (Fsp3) is 0.167. The Morgan fingerprint density at radius 2 is 1.62 bits per heavy atom. The SMILES string of the molecule is C[n+]1ccn(CCOc2ccc(N=Nc3ccccc3)cc2)c1.[Br-]. The molecule has 6 heteroatoms. The molecular formula is C18H19BrN4O. The monoisotopic (exact) mass is 386 g/mol. The van der Waals surface area contributed by atoms with Crippen molar-refractivity contribution in [3.05, 3.63) is 73.3 Å². The molecule has 0 unspecified atom stereocenters. The average molecular weight is 387 g/mol. The quantitative estimate of drug-likeness (QED) is 0.456. The van der Waals surface area contributed by atoms with Crippen LogP contribution in [0.25, 0.3) is 0 Å². The molecule has 3 aromatic rings. The molecule has 0 bridgehead atoms. The standard InChI is InChI=1S/C18H19N4O.BrH/c1-21-11-12-22(15-21)13-14-23-18-9-7-17(8-10-18)20-19-16-5-3-2-4-6-16;/h2-12,15H,13-14H2,1H3;1H/q+1;/p-1. The van der Waals surface area contributed by atoms with Crippen molar-refractivity contribution in [2.24, 2.45) is 17.3 Å². The molecule has 5 nitrogen and oxygen atoms in total. The fourth-order valence-corrected chi connectivity index (χ4v) is 2.12. The maximum Gasteiger partial charge on any atom is 0.243 e. The smallest absolute Gasteiger partial charge is 0.243 e. The van der Waals surface area contributed by atoms with Gasteiger partial charge in [0.05, 0.1) is 18.4 Å². The number of imidazole rings is 1. The Kier molecular flexibility index (Phi) is 6.69. The Bertz CT molecular complexity index is 769. The van der Waals surface area contributed by atoms with Gasteiger partial charge in [0.25, 0.3) is 0 Å². The predicted octanol–water partition coefficient (Wildman–Crippen LogP) is 0.811. The van der Waals surface area contributed by atoms with E-state index in [1.807, 2.05) is 84.9 Å². The predicted molar refractivity (Wildman–Crippen MR) is 88.2 cm³/mol. The highest BCUT2D eigenvalue weighted by atomic mass is 79.9. The zero-order valence-corrected chi connectivity index (χ0v) is 15.0. The number of azo groups is 1. The molecule has 0 aliphatic carbocycles. The molecule has 124 valence electrons. The van der Waals surface area contributed by atoms with Crippen LogP contribution < -0.4 is 26.3 Å². The molecule has 0 fully saturated rings. The second-order valence-electron chi connectivity index (χ2n) is 5.19. The number of hydrogen-bond donors (Lipinski definition) is 0. The van der Waals surface area contributed by atoms with Crippen LogP contribution in [-0.4, -0.2) is 11.2 Å². The minimum absolute atomic E-state index is 0. The van der Waals surface area contributed by atoms with Crippen LogP contribution in [0.1, 0.15) is 0 Å². The van der Waals surface area contributed by atoms with Crippen LogP contribution >= 0.6 is 0 Å². The second-order valence-corrected chi connectivity index (χ2v) is 5.19. The van der Waals surface area contributed by atoms with Crippen molar-refractivity contribution in [3.8, 4) is 5.75 Å². The van der Waals surface area contributed by atoms with E-state index in [1.54, 1.807) is 0 Å². The summed E-state index contributed by atoms with van der Waals surface area (Å²) in [5.74, 6) is 0.834. The summed E-state index contributed by atoms with van der Waals surface area (Å²) in [6, 6.07) is 17.3. The molecule has 0 saturated carbocycles. The molecule has 0 aliphatic rings. The first-order chi connectivity index (χ1) is 11.3. The van der Waals surface area contributed by atoms with Crippen molar-refractivity contribution in [1.29, 1.82) is 0 Å². The number of halogens is 1. The highest BCUT2D eigenvalue weighted by Crippen LogP contribution is 2.21. The average Bonchev–Trinajstić information content (AvgIpc) is 3.00. The third-order valence-corrected chi connectivity index (χ3v) is 3.32. The first-order valence-corrected chi connectivity index (χ1v) is 7.50. The molecule has 1 heterocycles. The van der Waals surface area contributed by atoms with E-state index in [4.69, 9.17) is 4.74 Å². The highest BCUT2D eigenvalue weighted by molar-refractivity contribution is 5.42. The minimum Gasteiger partial charge on any atom is -1.00 e. The van der Waals surface area contributed by atoms with E-state index in [2.05, 4.69) is 14.8 Å². The summed E-state index contributed by atoms with van der Waals surface area (Å²) >= 11 is 0. The Morgan fingerprint density at radius 1 is 0.958 bits per heavy atom. The maximum atomic E-state index is 5.73. The molecule has 0 atom stereocenters. The van der Waals surface area contributed by atoms with Crippen molar-refractivity contribution < 1.29 is 26.3 Å². The van der Waals surface area contributed by atoms with Gasteiger partial charge in [0.2, 0.25) is 6.33 Å². The van der Waals surface area contributed by atoms with E-state index in [-0.39, 0.29) is 17.0 Å². The lowest BCUT2D eigenvalue weighted by molar-refractivity contribution is -0.671. The number of nitrogens with zero attached hydrogens (tertiary/aromatic N) is 4. The van der Waals surface area contributed by atoms with E-state index in [0.717, 1.165) is 23.7 Å². The molecule has 1 aromatic heterocycles. The van der Waals surface area contributed by atoms with Gasteiger partial charge in [-0.3, -0.25) is 0 Å². The lowest BCUT2D eigenvalue weighted by Gasteiger charge is -2.04. The third-order valence-electron chi connectivity index (χ3n) is 3.32. The first kappa shape index (κ1) is 17.9. The molecule has 2 aromatic carbocycles. The number of aromatic nitrogens is 2. The summed E-state index contributed by atoms with van der Waals surface area (Å²) in [4.78, 5) is 0. The number of aryl methyl sites for hydroxylation is 1. The van der Waals surface area contributed by atoms with Gasteiger partial charge in [-0.1, -0.05) is 18.2 Å². The lowest BCUT2D eigenvalue weighted by Crippen LogP contribution is -3.00. The number of hydrogen-bond acceptors (Lipinski definition) is 3. The first-order valence-electron chi connectivity index (χ1n) is 7.50. The highest BCUT2D eigenvalue weighted by Gasteiger charge is 2.00. The van der Waals surface area contributed by atoms with Crippen molar-refractivity contribution >= 4 is 11.4 Å². The van der Waals surface area contributed by atoms with Crippen molar-refractivity contribution in [1.82, 2.24) is 4.57 Å². The Hall–Kier alpha value is -2.47. The van der Waals surface area contributed by atoms with Gasteiger partial charge in [-0.2, -0.15) is 10.2 Å². The van der Waals surface area contributed by atoms with Gasteiger partial charge in [-0.05, 0) is 36.4 Å². The molecule has 0 radical (unpaired) electrons. The van der Waals surface area contributed by atoms with Gasteiger partial charge in [-0.15, -0.1) is 0 Å². The Morgan fingerprint density at radius 3 is 2.25 bits per heavy atom. The largest absolute Gasteiger partial charge is 1.00 e. The Balaban J connectivity index is 0.00000208. The van der Waals surface area contributed by atoms with Gasteiger partial charge in [0, 0.05) is 0 Å². The van der Waals surface area contributed by atoms with Gasteiger partial charge < -0.3 is 21.7 Å². The molecule has 24 heavy (non-hydrogen) atoms. The van der Waals surface area contributed by atoms with Crippen LogP contribution in [0.2, 0.25) is 0 Å². The zero-order valence-electron chi connectivity index (χ0n) is 13.4. The summed E-state index contributed by atoms with van der Waals surface area (Å²) in [5, 5.41) is 8.40. The van der Waals surface area contributed by atoms with Crippen LogP contribution in [0.5, 0.6) is 5.75 Å². The topological polar surface area (TPSA) is 42.8 Å². The van der Waals surface area contributed by atoms with Gasteiger partial charge in [0.15, 0.2) is 0 Å². The normalized spacial score (nSPS) is 10.5. The zero-order chi connectivity index (χ0) is 15.9. The van der Waals surface area contributed by atoms with Crippen LogP contribution in [0, 0.1) is 0 Å².